The van der Waals surface area contributed by atoms with Crippen molar-refractivity contribution in [2.75, 3.05) is 6.79 Å². The van der Waals surface area contributed by atoms with Gasteiger partial charge in [0.1, 0.15) is 6.61 Å². The minimum absolute atomic E-state index is 0.130. The number of hydrogen-bond donors (Lipinski definition) is 2. The van der Waals surface area contributed by atoms with Crippen LogP contribution in [0, 0.1) is 0 Å². The van der Waals surface area contributed by atoms with Crippen LogP contribution in [-0.2, 0) is 16.1 Å². The molecule has 144 valence electrons. The van der Waals surface area contributed by atoms with Crippen molar-refractivity contribution in [1.82, 2.24) is 10.6 Å². The number of nitrogens with one attached hydrogen (secondary N) is 2. The maximum atomic E-state index is 12.9. The van der Waals surface area contributed by atoms with Gasteiger partial charge in [-0.15, -0.1) is 0 Å². The molecule has 1 atom stereocenters. The molecule has 0 spiro atoms. The van der Waals surface area contributed by atoms with Crippen LogP contribution < -0.4 is 20.1 Å². The summed E-state index contributed by atoms with van der Waals surface area (Å²) in [6.45, 7) is 1.94. The van der Waals surface area contributed by atoms with Gasteiger partial charge in [0.05, 0.1) is 11.6 Å². The van der Waals surface area contributed by atoms with Crippen LogP contribution in [0.1, 0.15) is 24.1 Å². The van der Waals surface area contributed by atoms with Crippen molar-refractivity contribution in [2.45, 2.75) is 19.6 Å². The van der Waals surface area contributed by atoms with Crippen LogP contribution >= 0.6 is 15.9 Å². The molecule has 0 aromatic heterocycles. The molecule has 2 aliphatic heterocycles. The molecule has 0 radical (unpaired) electrons. The normalized spacial score (nSPS) is 17.8. The molecule has 2 aromatic rings. The lowest BCUT2D eigenvalue weighted by molar-refractivity contribution is -0.140. The number of carbonyl (C=O) groups is 2. The number of rotatable bonds is 4. The second-order valence-corrected chi connectivity index (χ2v) is 7.21. The van der Waals surface area contributed by atoms with Gasteiger partial charge in [-0.2, -0.15) is 0 Å². The second-order valence-electron chi connectivity index (χ2n) is 6.36. The third-order valence-electron chi connectivity index (χ3n) is 4.50. The molecule has 0 saturated heterocycles. The fraction of sp³-hybridized carbons (Fsp3) is 0.200. The molecule has 0 saturated carbocycles. The van der Waals surface area contributed by atoms with Gasteiger partial charge < -0.3 is 24.8 Å². The van der Waals surface area contributed by atoms with Crippen molar-refractivity contribution in [1.29, 1.82) is 0 Å². The van der Waals surface area contributed by atoms with Gasteiger partial charge in [0.15, 0.2) is 11.5 Å². The largest absolute Gasteiger partial charge is 0.457 e. The SMILES string of the molecule is CC1=C(C(=O)OCc2ccccc2)C(c2cc3c(cc2Br)OCO3)NC(=O)N1. The average Bonchev–Trinajstić information content (AvgIpc) is 3.13. The molecule has 2 N–H and O–H groups in total. The average molecular weight is 445 g/mol. The summed E-state index contributed by atoms with van der Waals surface area (Å²) in [5.41, 5.74) is 2.32. The van der Waals surface area contributed by atoms with Gasteiger partial charge in [-0.3, -0.25) is 0 Å². The van der Waals surface area contributed by atoms with Crippen molar-refractivity contribution in [2.24, 2.45) is 0 Å². The first-order chi connectivity index (χ1) is 13.5. The maximum absolute atomic E-state index is 12.9. The molecule has 7 nitrogen and oxygen atoms in total. The maximum Gasteiger partial charge on any atom is 0.338 e. The van der Waals surface area contributed by atoms with Crippen LogP contribution in [0.3, 0.4) is 0 Å². The Morgan fingerprint density at radius 3 is 2.68 bits per heavy atom. The number of esters is 1. The Hall–Kier alpha value is -3.00. The predicted octanol–water partition coefficient (Wildman–Crippen LogP) is 3.55. The molecule has 0 fully saturated rings. The van der Waals surface area contributed by atoms with E-state index in [1.165, 1.54) is 0 Å². The second kappa shape index (κ2) is 7.55. The van der Waals surface area contributed by atoms with Gasteiger partial charge in [-0.05, 0) is 30.2 Å². The molecule has 0 bridgehead atoms. The van der Waals surface area contributed by atoms with Crippen molar-refractivity contribution >= 4 is 27.9 Å². The minimum Gasteiger partial charge on any atom is -0.457 e. The monoisotopic (exact) mass is 444 g/mol. The Labute approximate surface area is 169 Å². The summed E-state index contributed by atoms with van der Waals surface area (Å²) in [6, 6.07) is 11.8. The van der Waals surface area contributed by atoms with Crippen molar-refractivity contribution in [3.05, 3.63) is 69.3 Å². The molecule has 1 unspecified atom stereocenters. The number of ether oxygens (including phenoxy) is 3. The third-order valence-corrected chi connectivity index (χ3v) is 5.19. The molecule has 2 amide bonds. The first kappa shape index (κ1) is 18.4. The Morgan fingerprint density at radius 1 is 1.21 bits per heavy atom. The quantitative estimate of drug-likeness (QED) is 0.704. The number of amides is 2. The lowest BCUT2D eigenvalue weighted by Crippen LogP contribution is -2.45. The first-order valence-corrected chi connectivity index (χ1v) is 9.40. The van der Waals surface area contributed by atoms with Gasteiger partial charge >= 0.3 is 12.0 Å². The molecule has 2 aromatic carbocycles. The van der Waals surface area contributed by atoms with E-state index in [0.717, 1.165) is 5.56 Å². The zero-order chi connectivity index (χ0) is 19.7. The number of benzene rings is 2. The summed E-state index contributed by atoms with van der Waals surface area (Å²) in [5.74, 6) is 0.647. The summed E-state index contributed by atoms with van der Waals surface area (Å²) < 4.78 is 17.0. The van der Waals surface area contributed by atoms with Crippen LogP contribution in [0.2, 0.25) is 0 Å². The number of fused-ring (bicyclic) bond motifs is 1. The summed E-state index contributed by atoms with van der Waals surface area (Å²) >= 11 is 3.50. The van der Waals surface area contributed by atoms with E-state index in [0.29, 0.717) is 32.8 Å². The fourth-order valence-electron chi connectivity index (χ4n) is 3.15. The zero-order valence-electron chi connectivity index (χ0n) is 15.0. The van der Waals surface area contributed by atoms with E-state index in [1.54, 1.807) is 19.1 Å². The summed E-state index contributed by atoms with van der Waals surface area (Å²) in [4.78, 5) is 24.9. The van der Waals surface area contributed by atoms with Crippen molar-refractivity contribution < 1.29 is 23.8 Å². The van der Waals surface area contributed by atoms with Gasteiger partial charge in [-0.25, -0.2) is 9.59 Å². The van der Waals surface area contributed by atoms with Crippen molar-refractivity contribution in [3.63, 3.8) is 0 Å². The number of urea groups is 1. The van der Waals surface area contributed by atoms with E-state index in [-0.39, 0.29) is 13.4 Å². The number of hydrogen-bond acceptors (Lipinski definition) is 5. The topological polar surface area (TPSA) is 85.9 Å². The standard InChI is InChI=1S/C20H17BrN2O5/c1-11-17(19(24)26-9-12-5-3-2-4-6-12)18(23-20(25)22-11)13-7-15-16(8-14(13)21)28-10-27-15/h2-8,18H,9-10H2,1H3,(H2,22,23,25). The zero-order valence-corrected chi connectivity index (χ0v) is 16.5. The first-order valence-electron chi connectivity index (χ1n) is 8.61. The van der Waals surface area contributed by atoms with E-state index < -0.39 is 18.0 Å². The number of halogens is 1. The van der Waals surface area contributed by atoms with E-state index in [9.17, 15) is 9.59 Å². The van der Waals surface area contributed by atoms with E-state index >= 15 is 0 Å². The minimum atomic E-state index is -0.694. The summed E-state index contributed by atoms with van der Waals surface area (Å²) in [7, 11) is 0. The predicted molar refractivity (Wildman–Crippen MR) is 104 cm³/mol. The molecular weight excluding hydrogens is 428 g/mol. The van der Waals surface area contributed by atoms with Gasteiger partial charge in [0.2, 0.25) is 6.79 Å². The van der Waals surface area contributed by atoms with Crippen LogP contribution in [0.15, 0.2) is 58.2 Å². The van der Waals surface area contributed by atoms with Crippen LogP contribution in [0.25, 0.3) is 0 Å². The Bertz CT molecular complexity index is 974. The highest BCUT2D eigenvalue weighted by Gasteiger charge is 2.34. The molecule has 2 aliphatic rings. The Morgan fingerprint density at radius 2 is 1.93 bits per heavy atom. The van der Waals surface area contributed by atoms with E-state index in [4.69, 9.17) is 14.2 Å². The number of carbonyl (C=O) groups excluding carboxylic acids is 2. The van der Waals surface area contributed by atoms with E-state index in [2.05, 4.69) is 26.6 Å². The summed E-state index contributed by atoms with van der Waals surface area (Å²) in [6.07, 6.45) is 0. The van der Waals surface area contributed by atoms with Crippen LogP contribution in [0.5, 0.6) is 11.5 Å². The van der Waals surface area contributed by atoms with Gasteiger partial charge in [-0.1, -0.05) is 46.3 Å². The van der Waals surface area contributed by atoms with Crippen LogP contribution in [0.4, 0.5) is 4.79 Å². The molecular formula is C20H17BrN2O5. The molecule has 0 aliphatic carbocycles. The summed E-state index contributed by atoms with van der Waals surface area (Å²) in [5, 5.41) is 5.43. The highest BCUT2D eigenvalue weighted by molar-refractivity contribution is 9.10. The van der Waals surface area contributed by atoms with E-state index in [1.807, 2.05) is 30.3 Å². The van der Waals surface area contributed by atoms with Crippen LogP contribution in [-0.4, -0.2) is 18.8 Å². The lowest BCUT2D eigenvalue weighted by atomic mass is 9.95. The van der Waals surface area contributed by atoms with Gasteiger partial charge in [0.25, 0.3) is 0 Å². The third kappa shape index (κ3) is 3.55. The smallest absolute Gasteiger partial charge is 0.338 e. The van der Waals surface area contributed by atoms with Gasteiger partial charge in [0, 0.05) is 10.2 Å². The Balaban J connectivity index is 1.64. The highest BCUT2D eigenvalue weighted by atomic mass is 79.9. The molecule has 28 heavy (non-hydrogen) atoms. The highest BCUT2D eigenvalue weighted by Crippen LogP contribution is 2.41. The molecule has 4 rings (SSSR count). The molecule has 8 heteroatoms. The number of allylic oxidation sites excluding steroid dienone is 1. The Kier molecular flexibility index (Phi) is 4.95. The lowest BCUT2D eigenvalue weighted by Gasteiger charge is -2.29. The fourth-order valence-corrected chi connectivity index (χ4v) is 3.70. The molecule has 2 heterocycles. The van der Waals surface area contributed by atoms with Crippen molar-refractivity contribution in [3.8, 4) is 11.5 Å².